The predicted octanol–water partition coefficient (Wildman–Crippen LogP) is 4.48. The summed E-state index contributed by atoms with van der Waals surface area (Å²) in [6.07, 6.45) is 1.66. The predicted molar refractivity (Wildman–Crippen MR) is 116 cm³/mol. The van der Waals surface area contributed by atoms with Gasteiger partial charge in [0.2, 0.25) is 0 Å². The summed E-state index contributed by atoms with van der Waals surface area (Å²) in [5.41, 5.74) is 5.01. The van der Waals surface area contributed by atoms with Gasteiger partial charge in [-0.3, -0.25) is 0 Å². The highest BCUT2D eigenvalue weighted by molar-refractivity contribution is 7.08. The molecule has 0 saturated carbocycles. The molecule has 4 N–H and O–H groups in total. The van der Waals surface area contributed by atoms with Crippen LogP contribution in [0.25, 0.3) is 0 Å². The first-order valence-corrected chi connectivity index (χ1v) is 10.7. The van der Waals surface area contributed by atoms with E-state index >= 15 is 0 Å². The molecular formula is C21H37F3NO4P. The Morgan fingerprint density at radius 1 is 1.03 bits per heavy atom. The molecule has 1 aromatic carbocycles. The van der Waals surface area contributed by atoms with E-state index in [1.807, 2.05) is 0 Å². The molecule has 0 spiro atoms. The Morgan fingerprint density at radius 3 is 2.27 bits per heavy atom. The Bertz CT molecular complexity index is 576. The molecule has 0 aliphatic heterocycles. The normalized spacial score (nSPS) is 13.4. The van der Waals surface area contributed by atoms with Crippen molar-refractivity contribution in [3.63, 3.8) is 0 Å². The molecule has 30 heavy (non-hydrogen) atoms. The fraction of sp³-hybridized carbons (Fsp3) is 0.714. The van der Waals surface area contributed by atoms with E-state index in [2.05, 4.69) is 6.92 Å². The third-order valence-corrected chi connectivity index (χ3v) is 4.89. The van der Waals surface area contributed by atoms with Crippen LogP contribution in [-0.2, 0) is 17.3 Å². The molecular weight excluding hydrogens is 418 g/mol. The number of hydrogen-bond acceptors (Lipinski definition) is 5. The maximum atomic E-state index is 13.4. The van der Waals surface area contributed by atoms with Crippen molar-refractivity contribution in [2.45, 2.75) is 70.0 Å². The number of benzene rings is 1. The van der Waals surface area contributed by atoms with Crippen molar-refractivity contribution >= 4 is 9.47 Å². The fourth-order valence-corrected chi connectivity index (χ4v) is 2.95. The van der Waals surface area contributed by atoms with Crippen molar-refractivity contribution in [1.82, 2.24) is 0 Å². The first-order chi connectivity index (χ1) is 14.3. The number of aliphatic hydroxyl groups excluding tert-OH is 1. The van der Waals surface area contributed by atoms with Gasteiger partial charge < -0.3 is 25.2 Å². The van der Waals surface area contributed by atoms with E-state index in [4.69, 9.17) is 20.1 Å². The summed E-state index contributed by atoms with van der Waals surface area (Å²) in [6.45, 7) is 2.53. The van der Waals surface area contributed by atoms with Crippen molar-refractivity contribution in [1.29, 1.82) is 0 Å². The summed E-state index contributed by atoms with van der Waals surface area (Å²) in [5.74, 6) is -0.132. The maximum Gasteiger partial charge on any atom is 0.419 e. The summed E-state index contributed by atoms with van der Waals surface area (Å²) >= 11 is 0. The lowest BCUT2D eigenvalue weighted by Gasteiger charge is -2.27. The Balaban J connectivity index is 0.00000407. The van der Waals surface area contributed by atoms with Gasteiger partial charge in [-0.1, -0.05) is 38.7 Å². The quantitative estimate of drug-likeness (QED) is 0.285. The highest BCUT2D eigenvalue weighted by Crippen LogP contribution is 2.37. The molecule has 0 fully saturated rings. The molecule has 9 heteroatoms. The van der Waals surface area contributed by atoms with Crippen LogP contribution < -0.4 is 10.5 Å². The highest BCUT2D eigenvalue weighted by atomic mass is 31.0. The van der Waals surface area contributed by atoms with Gasteiger partial charge in [0.1, 0.15) is 5.75 Å². The molecule has 0 aliphatic rings. The second-order valence-electron chi connectivity index (χ2n) is 7.35. The van der Waals surface area contributed by atoms with Crippen LogP contribution >= 0.6 is 9.47 Å². The molecule has 176 valence electrons. The van der Waals surface area contributed by atoms with E-state index in [-0.39, 0.29) is 19.0 Å². The van der Waals surface area contributed by atoms with Crippen LogP contribution in [0, 0.1) is 0 Å². The lowest BCUT2D eigenvalue weighted by molar-refractivity contribution is -0.139. The fourth-order valence-electron chi connectivity index (χ4n) is 2.95. The van der Waals surface area contributed by atoms with E-state index in [0.29, 0.717) is 31.4 Å². The zero-order chi connectivity index (χ0) is 23.0. The zero-order valence-corrected chi connectivity index (χ0v) is 19.2. The van der Waals surface area contributed by atoms with Crippen LogP contribution in [0.3, 0.4) is 0 Å². The van der Waals surface area contributed by atoms with E-state index in [1.54, 1.807) is 6.07 Å². The lowest BCUT2D eigenvalue weighted by Crippen LogP contribution is -2.45. The largest absolute Gasteiger partial charge is 0.493 e. The molecule has 0 aromatic heterocycles. The first kappa shape index (κ1) is 29.1. The van der Waals surface area contributed by atoms with Crippen molar-refractivity contribution < 1.29 is 32.6 Å². The molecule has 0 bridgehead atoms. The van der Waals surface area contributed by atoms with Gasteiger partial charge in [-0.15, -0.1) is 0 Å². The highest BCUT2D eigenvalue weighted by Gasteiger charge is 2.35. The minimum atomic E-state index is -4.49. The molecule has 0 saturated heterocycles. The number of alkyl halides is 3. The summed E-state index contributed by atoms with van der Waals surface area (Å²) in [6, 6.07) is 4.15. The van der Waals surface area contributed by atoms with E-state index in [0.717, 1.165) is 38.2 Å². The van der Waals surface area contributed by atoms with Crippen LogP contribution in [-0.4, -0.2) is 42.5 Å². The van der Waals surface area contributed by atoms with Crippen LogP contribution in [0.1, 0.15) is 63.0 Å². The molecule has 2 atom stereocenters. The number of hydrogen-bond donors (Lipinski definition) is 3. The second kappa shape index (κ2) is 15.8. The Morgan fingerprint density at radius 2 is 1.70 bits per heavy atom. The summed E-state index contributed by atoms with van der Waals surface area (Å²) in [4.78, 5) is 6.92. The summed E-state index contributed by atoms with van der Waals surface area (Å²) in [5, 5.41) is 9.51. The van der Waals surface area contributed by atoms with Gasteiger partial charge in [-0.2, -0.15) is 13.2 Å². The summed E-state index contributed by atoms with van der Waals surface area (Å²) < 4.78 is 50.7. The Labute approximate surface area is 180 Å². The zero-order valence-electron chi connectivity index (χ0n) is 18.0. The molecule has 0 aliphatic carbocycles. The number of rotatable bonds is 14. The third-order valence-electron chi connectivity index (χ3n) is 4.89. The van der Waals surface area contributed by atoms with E-state index in [9.17, 15) is 18.3 Å². The number of halogens is 3. The van der Waals surface area contributed by atoms with Gasteiger partial charge in [0.25, 0.3) is 0 Å². The van der Waals surface area contributed by atoms with E-state index < -0.39 is 17.3 Å². The molecule has 1 aromatic rings. The number of methoxy groups -OCH3 is 1. The van der Waals surface area contributed by atoms with Crippen LogP contribution in [0.2, 0.25) is 0 Å². The van der Waals surface area contributed by atoms with Gasteiger partial charge in [-0.25, -0.2) is 0 Å². The number of nitrogens with two attached hydrogens (primary N) is 1. The molecule has 2 unspecified atom stereocenters. The SMILES string of the molecule is CCCCCCCOc1ccc(CCC(N)(CO)CCOC)cc1C(F)(F)F.OP. The average Bonchev–Trinajstić information content (AvgIpc) is 2.74. The minimum absolute atomic E-state index is 0.132. The lowest BCUT2D eigenvalue weighted by atomic mass is 9.89. The smallest absolute Gasteiger partial charge is 0.419 e. The van der Waals surface area contributed by atoms with Crippen molar-refractivity contribution in [3.8, 4) is 5.75 Å². The van der Waals surface area contributed by atoms with Gasteiger partial charge in [0.15, 0.2) is 0 Å². The molecule has 0 radical (unpaired) electrons. The molecule has 1 rings (SSSR count). The average molecular weight is 455 g/mol. The third kappa shape index (κ3) is 11.5. The number of unbranched alkanes of at least 4 members (excludes halogenated alkanes) is 4. The van der Waals surface area contributed by atoms with Gasteiger partial charge >= 0.3 is 6.18 Å². The Hall–Kier alpha value is -0.920. The number of ether oxygens (including phenoxy) is 2. The number of aliphatic hydroxyl groups is 1. The molecule has 0 amide bonds. The topological polar surface area (TPSA) is 84.9 Å². The van der Waals surface area contributed by atoms with Gasteiger partial charge in [-0.05, 0) is 52.8 Å². The first-order valence-electron chi connectivity index (χ1n) is 10.2. The number of aryl methyl sites for hydroxylation is 1. The maximum absolute atomic E-state index is 13.4. The monoisotopic (exact) mass is 455 g/mol. The van der Waals surface area contributed by atoms with E-state index in [1.165, 1.54) is 22.6 Å². The van der Waals surface area contributed by atoms with Crippen LogP contribution in [0.4, 0.5) is 13.2 Å². The van der Waals surface area contributed by atoms with Crippen molar-refractivity contribution in [2.24, 2.45) is 5.73 Å². The van der Waals surface area contributed by atoms with Crippen LogP contribution in [0.5, 0.6) is 5.75 Å². The standard InChI is InChI=1S/C21H34F3NO3.H3OP/c1-3-4-5-6-7-13-28-19-9-8-17(15-18(19)21(22,23)24)10-11-20(25,16-26)12-14-27-2;1-2/h8-9,15,26H,3-7,10-14,16,25H2,1-2H3;1H,2H2. The van der Waals surface area contributed by atoms with Gasteiger partial charge in [0, 0.05) is 19.3 Å². The van der Waals surface area contributed by atoms with Crippen molar-refractivity contribution in [2.75, 3.05) is 26.9 Å². The molecule has 5 nitrogen and oxygen atoms in total. The second-order valence-corrected chi connectivity index (χ2v) is 7.35. The molecule has 0 heterocycles. The summed E-state index contributed by atoms with van der Waals surface area (Å²) in [7, 11) is 2.95. The Kier molecular flexibility index (Phi) is 15.3. The minimum Gasteiger partial charge on any atom is -0.493 e. The van der Waals surface area contributed by atoms with Crippen molar-refractivity contribution in [3.05, 3.63) is 29.3 Å². The van der Waals surface area contributed by atoms with Crippen LogP contribution in [0.15, 0.2) is 18.2 Å². The van der Waals surface area contributed by atoms with Gasteiger partial charge in [0.05, 0.1) is 18.8 Å².